The van der Waals surface area contributed by atoms with Crippen molar-refractivity contribution in [3.63, 3.8) is 0 Å². The highest BCUT2D eigenvalue weighted by atomic mass is 35.5. The fourth-order valence-corrected chi connectivity index (χ4v) is 2.53. The number of thiophene rings is 1. The van der Waals surface area contributed by atoms with Gasteiger partial charge in [-0.15, -0.1) is 11.3 Å². The smallest absolute Gasteiger partial charge is 0.139 e. The zero-order valence-electron chi connectivity index (χ0n) is 9.19. The van der Waals surface area contributed by atoms with Crippen LogP contribution in [0.1, 0.15) is 17.7 Å². The molecule has 0 bridgehead atoms. The van der Waals surface area contributed by atoms with Crippen LogP contribution in [0.15, 0.2) is 17.3 Å². The molecule has 0 radical (unpaired) electrons. The van der Waals surface area contributed by atoms with Crippen molar-refractivity contribution in [3.8, 4) is 0 Å². The van der Waals surface area contributed by atoms with Crippen molar-refractivity contribution in [2.24, 2.45) is 10.9 Å². The molecule has 0 aliphatic heterocycles. The Kier molecular flexibility index (Phi) is 5.59. The Hall–Kier alpha value is -0.780. The van der Waals surface area contributed by atoms with Crippen LogP contribution in [0.4, 0.5) is 0 Å². The molecule has 0 amide bonds. The zero-order valence-corrected chi connectivity index (χ0v) is 10.8. The second kappa shape index (κ2) is 6.73. The highest BCUT2D eigenvalue weighted by Gasteiger charge is 2.03. The standard InChI is InChI=1S/C10H16ClN3OS/c1-14(6-2-3-10(12)13-15)7-8-4-5-9(11)16-8/h4-5,15H,2-3,6-7H2,1H3,(H2,12,13). The van der Waals surface area contributed by atoms with Crippen molar-refractivity contribution in [1.82, 2.24) is 4.90 Å². The maximum Gasteiger partial charge on any atom is 0.139 e. The van der Waals surface area contributed by atoms with Crippen LogP contribution in [0, 0.1) is 0 Å². The van der Waals surface area contributed by atoms with Gasteiger partial charge in [0, 0.05) is 17.8 Å². The summed E-state index contributed by atoms with van der Waals surface area (Å²) in [4.78, 5) is 3.43. The molecular formula is C10H16ClN3OS. The Labute approximate surface area is 104 Å². The molecule has 6 heteroatoms. The number of hydrogen-bond donors (Lipinski definition) is 2. The van der Waals surface area contributed by atoms with Crippen molar-refractivity contribution in [2.75, 3.05) is 13.6 Å². The van der Waals surface area contributed by atoms with Gasteiger partial charge in [0.05, 0.1) is 4.34 Å². The fraction of sp³-hybridized carbons (Fsp3) is 0.500. The second-order valence-corrected chi connectivity index (χ2v) is 5.44. The Morgan fingerprint density at radius 2 is 2.38 bits per heavy atom. The monoisotopic (exact) mass is 261 g/mol. The molecule has 0 spiro atoms. The van der Waals surface area contributed by atoms with Crippen molar-refractivity contribution >= 4 is 28.8 Å². The number of nitrogens with zero attached hydrogens (tertiary/aromatic N) is 2. The van der Waals surface area contributed by atoms with Gasteiger partial charge in [-0.2, -0.15) is 0 Å². The molecule has 0 unspecified atom stereocenters. The normalized spacial score (nSPS) is 12.3. The van der Waals surface area contributed by atoms with Gasteiger partial charge in [-0.05, 0) is 32.1 Å². The largest absolute Gasteiger partial charge is 0.409 e. The fourth-order valence-electron chi connectivity index (χ4n) is 1.36. The molecule has 0 saturated heterocycles. The summed E-state index contributed by atoms with van der Waals surface area (Å²) in [6.07, 6.45) is 1.50. The van der Waals surface area contributed by atoms with E-state index in [1.165, 1.54) is 4.88 Å². The summed E-state index contributed by atoms with van der Waals surface area (Å²) in [5, 5.41) is 11.3. The summed E-state index contributed by atoms with van der Waals surface area (Å²) in [5.41, 5.74) is 5.38. The molecule has 3 N–H and O–H groups in total. The van der Waals surface area contributed by atoms with E-state index < -0.39 is 0 Å². The second-order valence-electron chi connectivity index (χ2n) is 3.64. The first-order chi connectivity index (χ1) is 7.61. The molecule has 0 fully saturated rings. The number of hydrogen-bond acceptors (Lipinski definition) is 4. The number of halogens is 1. The minimum Gasteiger partial charge on any atom is -0.409 e. The SMILES string of the molecule is CN(CCCC(N)=NO)Cc1ccc(Cl)s1. The lowest BCUT2D eigenvalue weighted by Gasteiger charge is -2.14. The van der Waals surface area contributed by atoms with Gasteiger partial charge in [0.2, 0.25) is 0 Å². The lowest BCUT2D eigenvalue weighted by atomic mass is 10.3. The third-order valence-corrected chi connectivity index (χ3v) is 3.37. The van der Waals surface area contributed by atoms with Crippen LogP contribution >= 0.6 is 22.9 Å². The molecular weight excluding hydrogens is 246 g/mol. The van der Waals surface area contributed by atoms with E-state index in [4.69, 9.17) is 22.5 Å². The van der Waals surface area contributed by atoms with Gasteiger partial charge in [0.25, 0.3) is 0 Å². The van der Waals surface area contributed by atoms with Gasteiger partial charge in [-0.3, -0.25) is 0 Å². The molecule has 90 valence electrons. The predicted molar refractivity (Wildman–Crippen MR) is 68.3 cm³/mol. The number of amidine groups is 1. The van der Waals surface area contributed by atoms with Crippen LogP contribution in [0.2, 0.25) is 4.34 Å². The molecule has 0 atom stereocenters. The summed E-state index contributed by atoms with van der Waals surface area (Å²) in [6.45, 7) is 1.79. The van der Waals surface area contributed by atoms with E-state index in [0.29, 0.717) is 6.42 Å². The highest BCUT2D eigenvalue weighted by molar-refractivity contribution is 7.16. The molecule has 0 aliphatic carbocycles. The first-order valence-corrected chi connectivity index (χ1v) is 6.20. The summed E-state index contributed by atoms with van der Waals surface area (Å²) in [6, 6.07) is 3.94. The average molecular weight is 262 g/mol. The third-order valence-electron chi connectivity index (χ3n) is 2.16. The van der Waals surface area contributed by atoms with Crippen molar-refractivity contribution in [1.29, 1.82) is 0 Å². The van der Waals surface area contributed by atoms with Crippen LogP contribution in [-0.4, -0.2) is 29.5 Å². The van der Waals surface area contributed by atoms with E-state index in [2.05, 4.69) is 10.1 Å². The lowest BCUT2D eigenvalue weighted by molar-refractivity contribution is 0.311. The molecule has 1 aromatic rings. The van der Waals surface area contributed by atoms with Crippen LogP contribution < -0.4 is 5.73 Å². The van der Waals surface area contributed by atoms with Crippen LogP contribution in [0.3, 0.4) is 0 Å². The van der Waals surface area contributed by atoms with E-state index >= 15 is 0 Å². The number of oxime groups is 1. The van der Waals surface area contributed by atoms with Crippen molar-refractivity contribution in [2.45, 2.75) is 19.4 Å². The highest BCUT2D eigenvalue weighted by Crippen LogP contribution is 2.22. The summed E-state index contributed by atoms with van der Waals surface area (Å²) in [5.74, 6) is 0.285. The first kappa shape index (κ1) is 13.3. The number of rotatable bonds is 6. The quantitative estimate of drug-likeness (QED) is 0.358. The summed E-state index contributed by atoms with van der Waals surface area (Å²) >= 11 is 7.44. The Morgan fingerprint density at radius 3 is 2.94 bits per heavy atom. The molecule has 1 aromatic heterocycles. The maximum absolute atomic E-state index is 8.37. The van der Waals surface area contributed by atoms with Crippen molar-refractivity contribution in [3.05, 3.63) is 21.3 Å². The molecule has 16 heavy (non-hydrogen) atoms. The third kappa shape index (κ3) is 4.83. The molecule has 0 aromatic carbocycles. The molecule has 1 heterocycles. The van der Waals surface area contributed by atoms with E-state index in [0.717, 1.165) is 23.8 Å². The van der Waals surface area contributed by atoms with Crippen LogP contribution in [0.5, 0.6) is 0 Å². The molecule has 0 aliphatic rings. The van der Waals surface area contributed by atoms with Gasteiger partial charge in [0.15, 0.2) is 0 Å². The first-order valence-electron chi connectivity index (χ1n) is 5.01. The van der Waals surface area contributed by atoms with Crippen LogP contribution in [0.25, 0.3) is 0 Å². The lowest BCUT2D eigenvalue weighted by Crippen LogP contribution is -2.20. The zero-order chi connectivity index (χ0) is 12.0. The predicted octanol–water partition coefficient (Wildman–Crippen LogP) is 2.36. The minimum absolute atomic E-state index is 0.285. The van der Waals surface area contributed by atoms with E-state index in [1.807, 2.05) is 19.2 Å². The van der Waals surface area contributed by atoms with Gasteiger partial charge in [-0.1, -0.05) is 16.8 Å². The summed E-state index contributed by atoms with van der Waals surface area (Å²) < 4.78 is 0.819. The maximum atomic E-state index is 8.37. The van der Waals surface area contributed by atoms with Gasteiger partial charge in [0.1, 0.15) is 5.84 Å². The van der Waals surface area contributed by atoms with Crippen LogP contribution in [-0.2, 0) is 6.54 Å². The molecule has 1 rings (SSSR count). The van der Waals surface area contributed by atoms with E-state index in [1.54, 1.807) is 11.3 Å². The van der Waals surface area contributed by atoms with Gasteiger partial charge >= 0.3 is 0 Å². The van der Waals surface area contributed by atoms with E-state index in [9.17, 15) is 0 Å². The molecule has 4 nitrogen and oxygen atoms in total. The Balaban J connectivity index is 2.23. The van der Waals surface area contributed by atoms with E-state index in [-0.39, 0.29) is 5.84 Å². The van der Waals surface area contributed by atoms with Crippen molar-refractivity contribution < 1.29 is 5.21 Å². The number of nitrogens with two attached hydrogens (primary N) is 1. The van der Waals surface area contributed by atoms with Gasteiger partial charge < -0.3 is 15.8 Å². The topological polar surface area (TPSA) is 61.8 Å². The van der Waals surface area contributed by atoms with Gasteiger partial charge in [-0.25, -0.2) is 0 Å². The molecule has 0 saturated carbocycles. The Bertz CT molecular complexity index is 354. The Morgan fingerprint density at radius 1 is 1.62 bits per heavy atom. The minimum atomic E-state index is 0.285. The average Bonchev–Trinajstić information content (AvgIpc) is 2.63. The summed E-state index contributed by atoms with van der Waals surface area (Å²) in [7, 11) is 2.04.